The molecule has 2 amide bonds. The van der Waals surface area contributed by atoms with Crippen LogP contribution in [0, 0.1) is 13.8 Å². The van der Waals surface area contributed by atoms with E-state index in [4.69, 9.17) is 0 Å². The number of rotatable bonds is 5. The Hall–Kier alpha value is -4.20. The van der Waals surface area contributed by atoms with Gasteiger partial charge in [-0.1, -0.05) is 30.3 Å². The number of nitrogens with zero attached hydrogens (tertiary/aromatic N) is 2. The summed E-state index contributed by atoms with van der Waals surface area (Å²) in [5.74, 6) is -0.525. The molecule has 0 unspecified atom stereocenters. The Morgan fingerprint density at radius 1 is 0.968 bits per heavy atom. The van der Waals surface area contributed by atoms with E-state index in [0.717, 1.165) is 11.3 Å². The van der Waals surface area contributed by atoms with Crippen molar-refractivity contribution in [2.75, 3.05) is 10.6 Å². The van der Waals surface area contributed by atoms with Crippen LogP contribution in [0.5, 0.6) is 0 Å². The van der Waals surface area contributed by atoms with Crippen LogP contribution in [-0.4, -0.2) is 26.4 Å². The second-order valence-electron chi connectivity index (χ2n) is 7.17. The number of carbonyl (C=O) groups is 2. The van der Waals surface area contributed by atoms with Crippen molar-refractivity contribution in [2.24, 2.45) is 0 Å². The molecule has 0 aliphatic heterocycles. The number of benzene rings is 2. The molecular weight excluding hydrogens is 394 g/mol. The number of H-pyrrole nitrogens is 1. The predicted molar refractivity (Wildman–Crippen MR) is 118 cm³/mol. The maximum atomic E-state index is 12.8. The molecule has 2 aromatic carbocycles. The van der Waals surface area contributed by atoms with Crippen molar-refractivity contribution in [2.45, 2.75) is 20.3 Å². The number of nitrogens with one attached hydrogen (secondary N) is 3. The number of para-hydroxylation sites is 2. The topological polar surface area (TPSA) is 108 Å². The fourth-order valence-electron chi connectivity index (χ4n) is 3.45. The van der Waals surface area contributed by atoms with Crippen molar-refractivity contribution < 1.29 is 9.59 Å². The molecule has 31 heavy (non-hydrogen) atoms. The van der Waals surface area contributed by atoms with Crippen molar-refractivity contribution >= 4 is 28.8 Å². The fraction of sp³-hybridized carbons (Fsp3) is 0.130. The maximum Gasteiger partial charge on any atom is 0.266 e. The monoisotopic (exact) mass is 415 g/mol. The number of aromatic nitrogens is 3. The van der Waals surface area contributed by atoms with Crippen molar-refractivity contribution in [1.82, 2.24) is 14.6 Å². The van der Waals surface area contributed by atoms with Crippen LogP contribution in [-0.2, 0) is 11.2 Å². The lowest BCUT2D eigenvalue weighted by Crippen LogP contribution is -2.20. The number of amides is 2. The SMILES string of the molecule is Cc1nc2cc(=O)[nH]n2c(C)c1CC(=O)Nc1ccccc1NC(=O)c1ccccc1. The van der Waals surface area contributed by atoms with Crippen molar-refractivity contribution in [3.63, 3.8) is 0 Å². The molecule has 0 saturated carbocycles. The molecule has 0 bridgehead atoms. The maximum absolute atomic E-state index is 12.8. The molecule has 8 heteroatoms. The minimum absolute atomic E-state index is 0.0712. The van der Waals surface area contributed by atoms with Crippen LogP contribution in [0.4, 0.5) is 11.4 Å². The van der Waals surface area contributed by atoms with Gasteiger partial charge in [-0.05, 0) is 38.1 Å². The molecule has 3 N–H and O–H groups in total. The van der Waals surface area contributed by atoms with Gasteiger partial charge in [-0.25, -0.2) is 9.50 Å². The average Bonchev–Trinajstić information content (AvgIpc) is 3.13. The first-order valence-corrected chi connectivity index (χ1v) is 9.75. The van der Waals surface area contributed by atoms with Gasteiger partial charge in [-0.2, -0.15) is 0 Å². The molecule has 8 nitrogen and oxygen atoms in total. The second kappa shape index (κ2) is 8.27. The minimum atomic E-state index is -0.264. The van der Waals surface area contributed by atoms with E-state index in [1.54, 1.807) is 60.0 Å². The van der Waals surface area contributed by atoms with Gasteiger partial charge in [-0.15, -0.1) is 0 Å². The van der Waals surface area contributed by atoms with Gasteiger partial charge in [0.2, 0.25) is 5.91 Å². The first-order valence-electron chi connectivity index (χ1n) is 9.75. The zero-order chi connectivity index (χ0) is 22.0. The Labute approximate surface area is 177 Å². The number of hydrogen-bond donors (Lipinski definition) is 3. The van der Waals surface area contributed by atoms with Crippen LogP contribution in [0.25, 0.3) is 5.65 Å². The third kappa shape index (κ3) is 4.23. The molecular formula is C23H21N5O3. The molecule has 4 aromatic rings. The van der Waals surface area contributed by atoms with Crippen LogP contribution < -0.4 is 16.2 Å². The molecule has 156 valence electrons. The lowest BCUT2D eigenvalue weighted by atomic mass is 10.1. The molecule has 0 fully saturated rings. The first-order chi connectivity index (χ1) is 14.9. The Bertz CT molecular complexity index is 1340. The average molecular weight is 415 g/mol. The largest absolute Gasteiger partial charge is 0.324 e. The summed E-state index contributed by atoms with van der Waals surface area (Å²) in [7, 11) is 0. The number of aromatic amines is 1. The highest BCUT2D eigenvalue weighted by Crippen LogP contribution is 2.23. The van der Waals surface area contributed by atoms with Gasteiger partial charge in [0.15, 0.2) is 5.65 Å². The number of carbonyl (C=O) groups excluding carboxylic acids is 2. The van der Waals surface area contributed by atoms with Gasteiger partial charge < -0.3 is 10.6 Å². The predicted octanol–water partition coefficient (Wildman–Crippen LogP) is 3.07. The Balaban J connectivity index is 1.54. The zero-order valence-electron chi connectivity index (χ0n) is 17.1. The third-order valence-corrected chi connectivity index (χ3v) is 5.03. The zero-order valence-corrected chi connectivity index (χ0v) is 17.1. The van der Waals surface area contributed by atoms with Crippen LogP contribution in [0.15, 0.2) is 65.5 Å². The van der Waals surface area contributed by atoms with E-state index in [2.05, 4.69) is 20.7 Å². The minimum Gasteiger partial charge on any atom is -0.324 e. The van der Waals surface area contributed by atoms with Gasteiger partial charge in [0, 0.05) is 28.6 Å². The van der Waals surface area contributed by atoms with Crippen LogP contribution in [0.2, 0.25) is 0 Å². The first kappa shape index (κ1) is 20.1. The molecule has 2 heterocycles. The van der Waals surface area contributed by atoms with Gasteiger partial charge in [0.1, 0.15) is 0 Å². The molecule has 0 saturated heterocycles. The number of fused-ring (bicyclic) bond motifs is 1. The van der Waals surface area contributed by atoms with Gasteiger partial charge in [0.05, 0.1) is 17.8 Å². The van der Waals surface area contributed by atoms with E-state index < -0.39 is 0 Å². The third-order valence-electron chi connectivity index (χ3n) is 5.03. The summed E-state index contributed by atoms with van der Waals surface area (Å²) in [6.45, 7) is 3.63. The molecule has 0 aliphatic rings. The van der Waals surface area contributed by atoms with Gasteiger partial charge in [-0.3, -0.25) is 19.5 Å². The second-order valence-corrected chi connectivity index (χ2v) is 7.17. The quantitative estimate of drug-likeness (QED) is 0.465. The lowest BCUT2D eigenvalue weighted by Gasteiger charge is -2.14. The molecule has 0 atom stereocenters. The van der Waals surface area contributed by atoms with E-state index in [1.165, 1.54) is 6.07 Å². The Morgan fingerprint density at radius 3 is 2.32 bits per heavy atom. The Morgan fingerprint density at radius 2 is 1.61 bits per heavy atom. The van der Waals surface area contributed by atoms with E-state index in [1.807, 2.05) is 13.0 Å². The smallest absolute Gasteiger partial charge is 0.266 e. The highest BCUT2D eigenvalue weighted by Gasteiger charge is 2.16. The summed E-state index contributed by atoms with van der Waals surface area (Å²) in [6.07, 6.45) is 0.0712. The molecule has 0 radical (unpaired) electrons. The van der Waals surface area contributed by atoms with Gasteiger partial charge >= 0.3 is 0 Å². The van der Waals surface area contributed by atoms with Gasteiger partial charge in [0.25, 0.3) is 11.5 Å². The van der Waals surface area contributed by atoms with Crippen LogP contribution in [0.1, 0.15) is 27.3 Å². The summed E-state index contributed by atoms with van der Waals surface area (Å²) in [5, 5.41) is 8.38. The lowest BCUT2D eigenvalue weighted by molar-refractivity contribution is -0.115. The molecule has 0 spiro atoms. The molecule has 0 aliphatic carbocycles. The highest BCUT2D eigenvalue weighted by atomic mass is 16.2. The van der Waals surface area contributed by atoms with Crippen LogP contribution >= 0.6 is 0 Å². The van der Waals surface area contributed by atoms with Crippen LogP contribution in [0.3, 0.4) is 0 Å². The number of aryl methyl sites for hydroxylation is 2. The van der Waals surface area contributed by atoms with E-state index in [9.17, 15) is 14.4 Å². The Kier molecular flexibility index (Phi) is 5.36. The summed E-state index contributed by atoms with van der Waals surface area (Å²) in [5.41, 5.74) is 3.93. The molecule has 4 rings (SSSR count). The van der Waals surface area contributed by atoms with E-state index >= 15 is 0 Å². The van der Waals surface area contributed by atoms with Crippen molar-refractivity contribution in [3.05, 3.63) is 93.5 Å². The summed E-state index contributed by atoms with van der Waals surface area (Å²) in [4.78, 5) is 41.3. The fourth-order valence-corrected chi connectivity index (χ4v) is 3.45. The summed E-state index contributed by atoms with van der Waals surface area (Å²) < 4.78 is 1.58. The van der Waals surface area contributed by atoms with E-state index in [0.29, 0.717) is 28.3 Å². The summed E-state index contributed by atoms with van der Waals surface area (Å²) in [6, 6.07) is 17.3. The standard InChI is InChI=1S/C23H21N5O3/c1-14-17(15(2)28-20(24-14)13-22(30)27-28)12-21(29)25-18-10-6-7-11-19(18)26-23(31)16-8-4-3-5-9-16/h3-11,13H,12H2,1-2H3,(H,25,29)(H,26,31)(H,27,30). The summed E-state index contributed by atoms with van der Waals surface area (Å²) >= 11 is 0. The van der Waals surface area contributed by atoms with Crippen molar-refractivity contribution in [1.29, 1.82) is 0 Å². The highest BCUT2D eigenvalue weighted by molar-refractivity contribution is 6.07. The number of anilines is 2. The van der Waals surface area contributed by atoms with Crippen molar-refractivity contribution in [3.8, 4) is 0 Å². The number of hydrogen-bond acceptors (Lipinski definition) is 4. The van der Waals surface area contributed by atoms with E-state index in [-0.39, 0.29) is 23.8 Å². The molecule has 2 aromatic heterocycles. The normalized spacial score (nSPS) is 10.8.